The molecule has 1 aromatic carbocycles. The van der Waals surface area contributed by atoms with Crippen LogP contribution in [0.2, 0.25) is 0 Å². The van der Waals surface area contributed by atoms with E-state index in [1.807, 2.05) is 43.3 Å². The van der Waals surface area contributed by atoms with Crippen molar-refractivity contribution in [2.24, 2.45) is 0 Å². The fourth-order valence-corrected chi connectivity index (χ4v) is 2.15. The van der Waals surface area contributed by atoms with Crippen molar-refractivity contribution < 1.29 is 14.6 Å². The van der Waals surface area contributed by atoms with Gasteiger partial charge in [-0.15, -0.1) is 0 Å². The molecule has 0 saturated carbocycles. The lowest BCUT2D eigenvalue weighted by atomic mass is 10.1. The molecule has 0 aliphatic carbocycles. The number of imidazole rings is 1. The highest BCUT2D eigenvalue weighted by atomic mass is 16.5. The maximum Gasteiger partial charge on any atom is 0.374 e. The summed E-state index contributed by atoms with van der Waals surface area (Å²) in [6, 6.07) is 7.54. The highest BCUT2D eigenvalue weighted by Gasteiger charge is 2.21. The number of aliphatic hydroxyl groups is 1. The minimum absolute atomic E-state index is 0.110. The third-order valence-electron chi connectivity index (χ3n) is 3.38. The average molecular weight is 303 g/mol. The number of anilines is 1. The van der Waals surface area contributed by atoms with Crippen LogP contribution in [-0.2, 0) is 4.74 Å². The Kier molecular flexibility index (Phi) is 4.82. The second-order valence-corrected chi connectivity index (χ2v) is 5.20. The molecule has 0 aliphatic rings. The van der Waals surface area contributed by atoms with Gasteiger partial charge in [0.05, 0.1) is 12.3 Å². The van der Waals surface area contributed by atoms with Gasteiger partial charge in [0.15, 0.2) is 0 Å². The number of hydrogen-bond donors (Lipinski definition) is 2. The number of aromatic amines is 1. The summed E-state index contributed by atoms with van der Waals surface area (Å²) in [5, 5.41) is 10.5. The maximum atomic E-state index is 11.7. The zero-order chi connectivity index (χ0) is 16.3. The zero-order valence-corrected chi connectivity index (χ0v) is 13.3. The van der Waals surface area contributed by atoms with Gasteiger partial charge in [0.2, 0.25) is 5.82 Å². The van der Waals surface area contributed by atoms with Crippen molar-refractivity contribution in [3.05, 3.63) is 47.0 Å². The maximum absolute atomic E-state index is 11.7. The standard InChI is InChI=1S/C16H21N3O3/c1-5-22-16(21)15-17-10(2)13(18-15)14(20)11-6-8-12(9-7-11)19(3)4/h6-9,14,20H,5H2,1-4H3,(H,17,18). The summed E-state index contributed by atoms with van der Waals surface area (Å²) in [6.07, 6.45) is -0.893. The fourth-order valence-electron chi connectivity index (χ4n) is 2.15. The van der Waals surface area contributed by atoms with Gasteiger partial charge in [-0.1, -0.05) is 12.1 Å². The van der Waals surface area contributed by atoms with E-state index in [-0.39, 0.29) is 12.4 Å². The average Bonchev–Trinajstić information content (AvgIpc) is 2.89. The Morgan fingerprint density at radius 2 is 2.00 bits per heavy atom. The van der Waals surface area contributed by atoms with E-state index in [4.69, 9.17) is 4.74 Å². The number of esters is 1. The molecule has 2 rings (SSSR count). The van der Waals surface area contributed by atoms with E-state index in [9.17, 15) is 9.90 Å². The number of aryl methyl sites for hydroxylation is 1. The minimum atomic E-state index is -0.893. The molecule has 0 fully saturated rings. The quantitative estimate of drug-likeness (QED) is 0.826. The lowest BCUT2D eigenvalue weighted by molar-refractivity contribution is 0.0512. The van der Waals surface area contributed by atoms with E-state index in [1.165, 1.54) is 0 Å². The van der Waals surface area contributed by atoms with Crippen molar-refractivity contribution in [2.75, 3.05) is 25.6 Å². The molecule has 0 radical (unpaired) electrons. The Morgan fingerprint density at radius 3 is 2.55 bits per heavy atom. The summed E-state index contributed by atoms with van der Waals surface area (Å²) in [5.41, 5.74) is 2.84. The summed E-state index contributed by atoms with van der Waals surface area (Å²) in [7, 11) is 3.91. The fraction of sp³-hybridized carbons (Fsp3) is 0.375. The van der Waals surface area contributed by atoms with Gasteiger partial charge < -0.3 is 19.7 Å². The molecule has 118 valence electrons. The van der Waals surface area contributed by atoms with Gasteiger partial charge in [-0.25, -0.2) is 9.78 Å². The van der Waals surface area contributed by atoms with Crippen LogP contribution in [0, 0.1) is 6.92 Å². The van der Waals surface area contributed by atoms with Crippen molar-refractivity contribution in [2.45, 2.75) is 20.0 Å². The molecule has 2 aromatic rings. The summed E-state index contributed by atoms with van der Waals surface area (Å²) < 4.78 is 4.90. The molecule has 22 heavy (non-hydrogen) atoms. The number of rotatable bonds is 5. The van der Waals surface area contributed by atoms with Crippen molar-refractivity contribution in [3.8, 4) is 0 Å². The van der Waals surface area contributed by atoms with Gasteiger partial charge in [-0.2, -0.15) is 0 Å². The molecular formula is C16H21N3O3. The number of ether oxygens (including phenoxy) is 1. The molecule has 0 spiro atoms. The molecule has 6 nitrogen and oxygen atoms in total. The van der Waals surface area contributed by atoms with Gasteiger partial charge in [0, 0.05) is 25.5 Å². The summed E-state index contributed by atoms with van der Waals surface area (Å²) >= 11 is 0. The molecule has 1 unspecified atom stereocenters. The lowest BCUT2D eigenvalue weighted by Crippen LogP contribution is -2.09. The van der Waals surface area contributed by atoms with Crippen LogP contribution in [0.3, 0.4) is 0 Å². The Hall–Kier alpha value is -2.34. The first-order valence-corrected chi connectivity index (χ1v) is 7.13. The number of nitrogens with one attached hydrogen (secondary N) is 1. The van der Waals surface area contributed by atoms with Gasteiger partial charge in [-0.05, 0) is 31.5 Å². The van der Waals surface area contributed by atoms with Crippen LogP contribution in [0.4, 0.5) is 5.69 Å². The third-order valence-corrected chi connectivity index (χ3v) is 3.38. The first kappa shape index (κ1) is 16.0. The Labute approximate surface area is 129 Å². The number of carbonyl (C=O) groups is 1. The summed E-state index contributed by atoms with van der Waals surface area (Å²) in [5.74, 6) is -0.412. The summed E-state index contributed by atoms with van der Waals surface area (Å²) in [4.78, 5) is 20.7. The molecule has 0 saturated heterocycles. The molecule has 1 aromatic heterocycles. The normalized spacial score (nSPS) is 12.0. The molecule has 1 heterocycles. The van der Waals surface area contributed by atoms with E-state index in [0.29, 0.717) is 11.4 Å². The number of hydrogen-bond acceptors (Lipinski definition) is 5. The largest absolute Gasteiger partial charge is 0.460 e. The zero-order valence-electron chi connectivity index (χ0n) is 13.3. The third kappa shape index (κ3) is 3.28. The molecule has 6 heteroatoms. The van der Waals surface area contributed by atoms with Crippen molar-refractivity contribution in [3.63, 3.8) is 0 Å². The molecule has 2 N–H and O–H groups in total. The van der Waals surface area contributed by atoms with E-state index in [2.05, 4.69) is 9.97 Å². The lowest BCUT2D eigenvalue weighted by Gasteiger charge is -2.14. The second kappa shape index (κ2) is 6.62. The van der Waals surface area contributed by atoms with Gasteiger partial charge >= 0.3 is 5.97 Å². The predicted molar refractivity (Wildman–Crippen MR) is 84.1 cm³/mol. The highest BCUT2D eigenvalue weighted by Crippen LogP contribution is 2.25. The van der Waals surface area contributed by atoms with Gasteiger partial charge in [-0.3, -0.25) is 0 Å². The number of H-pyrrole nitrogens is 1. The Bertz CT molecular complexity index is 647. The monoisotopic (exact) mass is 303 g/mol. The van der Waals surface area contributed by atoms with Gasteiger partial charge in [0.25, 0.3) is 0 Å². The number of aromatic nitrogens is 2. The molecular weight excluding hydrogens is 282 g/mol. The van der Waals surface area contributed by atoms with Crippen molar-refractivity contribution >= 4 is 11.7 Å². The smallest absolute Gasteiger partial charge is 0.374 e. The van der Waals surface area contributed by atoms with Crippen LogP contribution < -0.4 is 4.90 Å². The Morgan fingerprint density at radius 1 is 1.36 bits per heavy atom. The minimum Gasteiger partial charge on any atom is -0.460 e. The second-order valence-electron chi connectivity index (χ2n) is 5.20. The number of aliphatic hydroxyl groups excluding tert-OH is 1. The van der Waals surface area contributed by atoms with Crippen molar-refractivity contribution in [1.82, 2.24) is 9.97 Å². The molecule has 0 aliphatic heterocycles. The number of carbonyl (C=O) groups excluding carboxylic acids is 1. The van der Waals surface area contributed by atoms with Crippen molar-refractivity contribution in [1.29, 1.82) is 0 Å². The number of nitrogens with zero attached hydrogens (tertiary/aromatic N) is 2. The SMILES string of the molecule is CCOC(=O)c1nc(C(O)c2ccc(N(C)C)cc2)c(C)[nH]1. The highest BCUT2D eigenvalue weighted by molar-refractivity contribution is 5.85. The molecule has 0 amide bonds. The first-order valence-electron chi connectivity index (χ1n) is 7.13. The van der Waals surface area contributed by atoms with E-state index < -0.39 is 12.1 Å². The molecule has 0 bridgehead atoms. The van der Waals surface area contributed by atoms with E-state index in [0.717, 1.165) is 11.3 Å². The van der Waals surface area contributed by atoms with Crippen LogP contribution in [0.1, 0.15) is 40.6 Å². The first-order chi connectivity index (χ1) is 10.4. The van der Waals surface area contributed by atoms with Crippen LogP contribution in [0.15, 0.2) is 24.3 Å². The van der Waals surface area contributed by atoms with Crippen LogP contribution in [0.5, 0.6) is 0 Å². The van der Waals surface area contributed by atoms with E-state index in [1.54, 1.807) is 13.8 Å². The Balaban J connectivity index is 2.25. The summed E-state index contributed by atoms with van der Waals surface area (Å²) in [6.45, 7) is 3.78. The molecule has 1 atom stereocenters. The predicted octanol–water partition coefficient (Wildman–Crippen LogP) is 2.04. The van der Waals surface area contributed by atoms with Crippen LogP contribution >= 0.6 is 0 Å². The van der Waals surface area contributed by atoms with Crippen LogP contribution in [-0.4, -0.2) is 41.7 Å². The van der Waals surface area contributed by atoms with Gasteiger partial charge in [0.1, 0.15) is 6.10 Å². The topological polar surface area (TPSA) is 78.5 Å². The van der Waals surface area contributed by atoms with Crippen LogP contribution in [0.25, 0.3) is 0 Å². The van der Waals surface area contributed by atoms with E-state index >= 15 is 0 Å². The number of benzene rings is 1.